The van der Waals surface area contributed by atoms with Gasteiger partial charge in [0.1, 0.15) is 11.6 Å². The van der Waals surface area contributed by atoms with Gasteiger partial charge in [0.05, 0.1) is 23.6 Å². The molecule has 1 amide bonds. The lowest BCUT2D eigenvalue weighted by Gasteiger charge is -2.15. The Labute approximate surface area is 233 Å². The molecular weight excluding hydrogens is 581 g/mol. The zero-order valence-corrected chi connectivity index (χ0v) is 23.8. The number of anilines is 1. The predicted molar refractivity (Wildman–Crippen MR) is 148 cm³/mol. The van der Waals surface area contributed by atoms with Crippen molar-refractivity contribution in [1.29, 1.82) is 0 Å². The van der Waals surface area contributed by atoms with Gasteiger partial charge in [-0.2, -0.15) is 13.2 Å². The van der Waals surface area contributed by atoms with Gasteiger partial charge in [-0.1, -0.05) is 59.7 Å². The van der Waals surface area contributed by atoms with E-state index >= 15 is 0 Å². The summed E-state index contributed by atoms with van der Waals surface area (Å²) < 4.78 is 48.6. The Bertz CT molecular complexity index is 1280. The molecule has 1 aromatic heterocycles. The van der Waals surface area contributed by atoms with Crippen LogP contribution >= 0.6 is 27.7 Å². The summed E-state index contributed by atoms with van der Waals surface area (Å²) in [5.41, 5.74) is 1.06. The van der Waals surface area contributed by atoms with Gasteiger partial charge in [-0.05, 0) is 54.7 Å². The van der Waals surface area contributed by atoms with Crippen LogP contribution in [-0.4, -0.2) is 33.0 Å². The zero-order chi connectivity index (χ0) is 27.9. The van der Waals surface area contributed by atoms with Gasteiger partial charge < -0.3 is 14.6 Å². The number of carbonyl (C=O) groups excluding carboxylic acids is 1. The summed E-state index contributed by atoms with van der Waals surface area (Å²) in [5.74, 6) is 1.24. The number of aromatic nitrogens is 3. The molecule has 2 aromatic carbocycles. The van der Waals surface area contributed by atoms with E-state index in [9.17, 15) is 18.0 Å². The largest absolute Gasteiger partial charge is 0.493 e. The van der Waals surface area contributed by atoms with Gasteiger partial charge in [0.2, 0.25) is 5.91 Å². The number of alkyl halides is 3. The van der Waals surface area contributed by atoms with E-state index in [2.05, 4.69) is 64.0 Å². The van der Waals surface area contributed by atoms with Crippen LogP contribution in [0.15, 0.2) is 58.7 Å². The normalized spacial score (nSPS) is 11.6. The number of nitrogens with one attached hydrogen (secondary N) is 1. The summed E-state index contributed by atoms with van der Waals surface area (Å²) >= 11 is 4.72. The molecule has 3 rings (SSSR count). The minimum atomic E-state index is -4.56. The lowest BCUT2D eigenvalue weighted by molar-refractivity contribution is -0.137. The van der Waals surface area contributed by atoms with Gasteiger partial charge in [0.25, 0.3) is 0 Å². The Kier molecular flexibility index (Phi) is 10.4. The summed E-state index contributed by atoms with van der Waals surface area (Å²) in [6, 6.07) is 9.01. The van der Waals surface area contributed by atoms with Crippen molar-refractivity contribution in [3.8, 4) is 5.75 Å². The van der Waals surface area contributed by atoms with Crippen molar-refractivity contribution >= 4 is 39.3 Å². The molecule has 0 aliphatic heterocycles. The first-order valence-electron chi connectivity index (χ1n) is 12.1. The summed E-state index contributed by atoms with van der Waals surface area (Å²) in [6.45, 7) is 11.0. The fourth-order valence-corrected chi connectivity index (χ4v) is 5.44. The van der Waals surface area contributed by atoms with Crippen LogP contribution < -0.4 is 10.1 Å². The van der Waals surface area contributed by atoms with E-state index in [0.717, 1.165) is 33.6 Å². The highest BCUT2D eigenvalue weighted by molar-refractivity contribution is 9.10. The molecule has 0 unspecified atom stereocenters. The molecule has 0 saturated carbocycles. The Hall–Kier alpha value is -2.79. The monoisotopic (exact) mass is 610 g/mol. The number of hydrogen-bond donors (Lipinski definition) is 1. The molecule has 0 atom stereocenters. The van der Waals surface area contributed by atoms with Gasteiger partial charge in [-0.25, -0.2) is 0 Å². The van der Waals surface area contributed by atoms with E-state index in [0.29, 0.717) is 42.9 Å². The first kappa shape index (κ1) is 29.8. The third-order valence-electron chi connectivity index (χ3n) is 5.66. The maximum Gasteiger partial charge on any atom is 0.418 e. The van der Waals surface area contributed by atoms with E-state index < -0.39 is 17.6 Å². The summed E-state index contributed by atoms with van der Waals surface area (Å²) in [4.78, 5) is 12.4. The zero-order valence-electron chi connectivity index (χ0n) is 21.4. The topological polar surface area (TPSA) is 69.0 Å². The first-order valence-corrected chi connectivity index (χ1v) is 13.8. The average molecular weight is 612 g/mol. The molecule has 11 heteroatoms. The fourth-order valence-electron chi connectivity index (χ4n) is 3.76. The summed E-state index contributed by atoms with van der Waals surface area (Å²) in [5, 5.41) is 11.3. The van der Waals surface area contributed by atoms with Crippen LogP contribution in [0, 0.1) is 6.92 Å². The standard InChI is InChI=1S/C27H30BrF3N4O2S/c1-5-12-35-24(11-8-13-37-23-15-19(17(2)3)21(28)14-18(23)4)33-34-26(35)38-16-25(36)32-22-10-7-6-9-20(22)27(29,30)31/h5-7,9-10,14-15,17H,1,8,11-13,16H2,2-4H3,(H,32,36). The van der Waals surface area contributed by atoms with Crippen LogP contribution in [0.2, 0.25) is 0 Å². The van der Waals surface area contributed by atoms with E-state index in [4.69, 9.17) is 4.74 Å². The number of hydrogen-bond acceptors (Lipinski definition) is 5. The highest BCUT2D eigenvalue weighted by Crippen LogP contribution is 2.35. The van der Waals surface area contributed by atoms with E-state index in [1.165, 1.54) is 23.8 Å². The van der Waals surface area contributed by atoms with Crippen molar-refractivity contribution in [2.45, 2.75) is 57.4 Å². The van der Waals surface area contributed by atoms with Crippen LogP contribution in [0.5, 0.6) is 5.75 Å². The number of benzene rings is 2. The van der Waals surface area contributed by atoms with Crippen LogP contribution in [-0.2, 0) is 23.9 Å². The van der Waals surface area contributed by atoms with E-state index in [1.54, 1.807) is 6.08 Å². The van der Waals surface area contributed by atoms with Crippen molar-refractivity contribution in [3.63, 3.8) is 0 Å². The highest BCUT2D eigenvalue weighted by atomic mass is 79.9. The molecule has 1 N–H and O–H groups in total. The number of aryl methyl sites for hydroxylation is 2. The Balaban J connectivity index is 1.58. The molecule has 0 fully saturated rings. The van der Waals surface area contributed by atoms with Crippen molar-refractivity contribution in [1.82, 2.24) is 14.8 Å². The molecule has 38 heavy (non-hydrogen) atoms. The number of amides is 1. The molecule has 1 heterocycles. The predicted octanol–water partition coefficient (Wildman–Crippen LogP) is 7.42. The molecule has 0 bridgehead atoms. The Morgan fingerprint density at radius 2 is 2.00 bits per heavy atom. The minimum absolute atomic E-state index is 0.119. The third-order valence-corrected chi connectivity index (χ3v) is 7.32. The number of carbonyl (C=O) groups is 1. The molecule has 0 aliphatic carbocycles. The number of para-hydroxylation sites is 1. The molecule has 6 nitrogen and oxygen atoms in total. The second-order valence-corrected chi connectivity index (χ2v) is 10.7. The van der Waals surface area contributed by atoms with Gasteiger partial charge in [-0.3, -0.25) is 4.79 Å². The molecule has 0 aliphatic rings. The van der Waals surface area contributed by atoms with Crippen LogP contribution in [0.3, 0.4) is 0 Å². The second-order valence-electron chi connectivity index (χ2n) is 8.92. The smallest absolute Gasteiger partial charge is 0.418 e. The summed E-state index contributed by atoms with van der Waals surface area (Å²) in [6.07, 6.45) is -1.57. The van der Waals surface area contributed by atoms with Crippen molar-refractivity contribution in [3.05, 3.63) is 76.0 Å². The van der Waals surface area contributed by atoms with Crippen molar-refractivity contribution < 1.29 is 22.7 Å². The fraction of sp³-hybridized carbons (Fsp3) is 0.370. The van der Waals surface area contributed by atoms with Crippen molar-refractivity contribution in [2.75, 3.05) is 17.7 Å². The third kappa shape index (κ3) is 7.86. The number of rotatable bonds is 12. The number of halogens is 4. The molecule has 0 spiro atoms. The highest BCUT2D eigenvalue weighted by Gasteiger charge is 2.33. The molecular formula is C27H30BrF3N4O2S. The SMILES string of the molecule is C=CCn1c(CCCOc2cc(C(C)C)c(Br)cc2C)nnc1SCC(=O)Nc1ccccc1C(F)(F)F. The van der Waals surface area contributed by atoms with Gasteiger partial charge in [-0.15, -0.1) is 16.8 Å². The lowest BCUT2D eigenvalue weighted by Crippen LogP contribution is -2.18. The second kappa shape index (κ2) is 13.3. The minimum Gasteiger partial charge on any atom is -0.493 e. The molecule has 204 valence electrons. The van der Waals surface area contributed by atoms with Crippen LogP contribution in [0.4, 0.5) is 18.9 Å². The quantitative estimate of drug-likeness (QED) is 0.131. The first-order chi connectivity index (χ1) is 18.0. The Morgan fingerprint density at radius 3 is 2.68 bits per heavy atom. The number of thioether (sulfide) groups is 1. The van der Waals surface area contributed by atoms with Gasteiger partial charge in [0.15, 0.2) is 5.16 Å². The number of nitrogens with zero attached hydrogens (tertiary/aromatic N) is 3. The molecule has 3 aromatic rings. The maximum atomic E-state index is 13.2. The van der Waals surface area contributed by atoms with Gasteiger partial charge >= 0.3 is 6.18 Å². The molecule has 0 saturated heterocycles. The van der Waals surface area contributed by atoms with Crippen LogP contribution in [0.1, 0.15) is 48.7 Å². The van der Waals surface area contributed by atoms with Gasteiger partial charge in [0, 0.05) is 17.4 Å². The average Bonchev–Trinajstić information content (AvgIpc) is 3.22. The van der Waals surface area contributed by atoms with E-state index in [1.807, 2.05) is 11.5 Å². The molecule has 0 radical (unpaired) electrons. The van der Waals surface area contributed by atoms with Crippen LogP contribution in [0.25, 0.3) is 0 Å². The number of ether oxygens (including phenoxy) is 1. The van der Waals surface area contributed by atoms with Crippen molar-refractivity contribution in [2.24, 2.45) is 0 Å². The summed E-state index contributed by atoms with van der Waals surface area (Å²) in [7, 11) is 0. The lowest BCUT2D eigenvalue weighted by atomic mass is 10.0. The Morgan fingerprint density at radius 1 is 1.26 bits per heavy atom. The number of allylic oxidation sites excluding steroid dienone is 1. The maximum absolute atomic E-state index is 13.2. The van der Waals surface area contributed by atoms with E-state index in [-0.39, 0.29) is 11.4 Å².